The number of rotatable bonds is 3. The predicted octanol–water partition coefficient (Wildman–Crippen LogP) is -0.197. The van der Waals surface area contributed by atoms with Crippen LogP contribution in [-0.4, -0.2) is 15.4 Å². The number of fused-ring (bicyclic) bond motifs is 2. The summed E-state index contributed by atoms with van der Waals surface area (Å²) in [4.78, 5) is 10.7. The molecule has 1 N–H and O–H groups in total. The van der Waals surface area contributed by atoms with Gasteiger partial charge in [0.2, 0.25) is 0 Å². The minimum absolute atomic E-state index is 0. The Morgan fingerprint density at radius 2 is 1.40 bits per heavy atom. The van der Waals surface area contributed by atoms with Crippen molar-refractivity contribution in [3.63, 3.8) is 0 Å². The fourth-order valence-electron chi connectivity index (χ4n) is 5.02. The molecule has 35 heavy (non-hydrogen) atoms. The number of nitrogens with one attached hydrogen (secondary N) is 1. The van der Waals surface area contributed by atoms with Crippen LogP contribution >= 0.6 is 0 Å². The Hall–Kier alpha value is -0.943. The average Bonchev–Trinajstić information content (AvgIpc) is 3.49. The average molecular weight is 692 g/mol. The van der Waals surface area contributed by atoms with Gasteiger partial charge >= 0.3 is 25.8 Å². The first-order valence-corrected chi connectivity index (χ1v) is 13.0. The molecule has 0 aromatic heterocycles. The number of allylic oxidation sites excluding steroid dienone is 4. The quantitative estimate of drug-likeness (QED) is 0.325. The van der Waals surface area contributed by atoms with E-state index in [4.69, 9.17) is 5.73 Å². The van der Waals surface area contributed by atoms with E-state index in [0.29, 0.717) is 11.8 Å². The van der Waals surface area contributed by atoms with Crippen molar-refractivity contribution in [3.05, 3.63) is 89.2 Å². The van der Waals surface area contributed by atoms with E-state index in [-0.39, 0.29) is 72.0 Å². The summed E-state index contributed by atoms with van der Waals surface area (Å²) in [6, 6.07) is 21.3. The van der Waals surface area contributed by atoms with Crippen molar-refractivity contribution in [1.29, 1.82) is 0 Å². The third kappa shape index (κ3) is 10.1. The van der Waals surface area contributed by atoms with Gasteiger partial charge in [-0.1, -0.05) is 104 Å². The fourth-order valence-corrected chi connectivity index (χ4v) is 6.23. The van der Waals surface area contributed by atoms with Crippen molar-refractivity contribution >= 4 is 25.8 Å². The molecule has 4 atom stereocenters. The number of amides is 1. The van der Waals surface area contributed by atoms with Gasteiger partial charge in [-0.05, 0) is 31.1 Å². The van der Waals surface area contributed by atoms with Crippen LogP contribution in [0, 0.1) is 29.7 Å². The van der Waals surface area contributed by atoms with Gasteiger partial charge in [0.15, 0.2) is 0 Å². The third-order valence-electron chi connectivity index (χ3n) is 7.24. The zero-order valence-corrected chi connectivity index (χ0v) is 27.4. The molecule has 1 amide bonds. The molecule has 6 heteroatoms. The molecule has 2 bridgehead atoms. The molecular weight excluding hydrogens is 656 g/mol. The molecule has 3 aliphatic rings. The molecule has 0 aliphatic heterocycles. The third-order valence-corrected chi connectivity index (χ3v) is 8.68. The summed E-state index contributed by atoms with van der Waals surface area (Å²) < 4.78 is 0. The van der Waals surface area contributed by atoms with Gasteiger partial charge in [0.1, 0.15) is 9.52 Å². The number of hydrogen-bond donors (Lipinski definition) is 0. The second-order valence-corrected chi connectivity index (χ2v) is 11.0. The molecule has 2 fully saturated rings. The van der Waals surface area contributed by atoms with Crippen molar-refractivity contribution in [3.8, 4) is 0 Å². The Morgan fingerprint density at radius 1 is 0.886 bits per heavy atom. The van der Waals surface area contributed by atoms with Crippen LogP contribution in [0.25, 0.3) is 5.73 Å². The maximum Gasteiger partial charge on any atom is 4.00 e. The molecule has 2 nitrogen and oxygen atoms in total. The van der Waals surface area contributed by atoms with E-state index in [2.05, 4.69) is 94.4 Å². The van der Waals surface area contributed by atoms with Gasteiger partial charge in [-0.15, -0.1) is 6.92 Å². The van der Waals surface area contributed by atoms with Gasteiger partial charge in [0, 0.05) is 5.92 Å². The molecule has 2 aromatic rings. The molecule has 5 rings (SSSR count). The molecule has 1 radical (unpaired) electrons. The number of halogens is 2. The van der Waals surface area contributed by atoms with Gasteiger partial charge in [0.05, 0.1) is 5.91 Å². The van der Waals surface area contributed by atoms with Crippen molar-refractivity contribution in [2.24, 2.45) is 23.7 Å². The van der Waals surface area contributed by atoms with Gasteiger partial charge < -0.3 is 35.3 Å². The van der Waals surface area contributed by atoms with Gasteiger partial charge in [-0.25, -0.2) is 5.57 Å². The first-order valence-electron chi connectivity index (χ1n) is 11.8. The van der Waals surface area contributed by atoms with Crippen LogP contribution in [-0.2, 0) is 30.6 Å². The Labute approximate surface area is 246 Å². The van der Waals surface area contributed by atoms with E-state index >= 15 is 0 Å². The maximum absolute atomic E-state index is 10.7. The van der Waals surface area contributed by atoms with Gasteiger partial charge in [0.25, 0.3) is 0 Å². The van der Waals surface area contributed by atoms with Gasteiger partial charge in [-0.2, -0.15) is 11.1 Å². The Morgan fingerprint density at radius 3 is 1.66 bits per heavy atom. The Bertz CT molecular complexity index is 928. The first kappa shape index (κ1) is 34.1. The predicted molar refractivity (Wildman–Crippen MR) is 138 cm³/mol. The van der Waals surface area contributed by atoms with E-state index in [9.17, 15) is 4.79 Å². The number of carbonyl (C=O) groups excluding carboxylic acids is 1. The molecule has 0 heterocycles. The summed E-state index contributed by atoms with van der Waals surface area (Å²) in [7, 11) is 0.271. The normalized spacial score (nSPS) is 23.3. The molecule has 2 aromatic carbocycles. The number of benzene rings is 2. The molecule has 3 aliphatic carbocycles. The van der Waals surface area contributed by atoms with E-state index < -0.39 is 0 Å². The van der Waals surface area contributed by atoms with Crippen molar-refractivity contribution in [1.82, 2.24) is 0 Å². The standard InChI is InChI=1S/C12H11Si.C9H13.C8H13NO.2ClH.Hf/c1-3-7-11(8-4-1)13-12-9-5-2-6-10-12;1-6-5-7(2)9(4)8(6)3;9-8(10)7-4-5-1-2-6(7)3-5;;;/h1-10,13H;6H,1-4H3;5-7H,1-4H2,(H2,9,10);2*1H;/q;-1;;;;+4/p-3. The second-order valence-electron chi connectivity index (χ2n) is 9.41. The SMILES string of the molecule is CC1=[C-]C(C)C(C)=C1C.[Cl-].[Cl-].[Hf+4].[NH-]C(=O)C1CC2CCC1C2.c1ccc([SiH]c2ccccc2)cc1. The summed E-state index contributed by atoms with van der Waals surface area (Å²) in [6.45, 7) is 8.67. The molecule has 2 saturated carbocycles. The van der Waals surface area contributed by atoms with E-state index in [0.717, 1.165) is 12.3 Å². The molecule has 185 valence electrons. The van der Waals surface area contributed by atoms with Crippen molar-refractivity contribution in [2.75, 3.05) is 0 Å². The van der Waals surface area contributed by atoms with Crippen LogP contribution in [0.2, 0.25) is 0 Å². The zero-order chi connectivity index (χ0) is 23.1. The van der Waals surface area contributed by atoms with Crippen LogP contribution < -0.4 is 35.2 Å². The van der Waals surface area contributed by atoms with Crippen LogP contribution in [0.1, 0.15) is 53.4 Å². The summed E-state index contributed by atoms with van der Waals surface area (Å²) in [5.41, 5.74) is 11.2. The minimum Gasteiger partial charge on any atom is -1.00 e. The topological polar surface area (TPSA) is 40.9 Å². The van der Waals surface area contributed by atoms with Crippen molar-refractivity contribution < 1.29 is 55.5 Å². The second kappa shape index (κ2) is 16.7. The molecule has 0 saturated heterocycles. The van der Waals surface area contributed by atoms with E-state index in [1.807, 2.05) is 0 Å². The molecule has 4 unspecified atom stereocenters. The zero-order valence-electron chi connectivity index (χ0n) is 21.2. The monoisotopic (exact) mass is 692 g/mol. The van der Waals surface area contributed by atoms with E-state index in [1.165, 1.54) is 46.4 Å². The Kier molecular flexibility index (Phi) is 16.3. The number of hydrogen-bond acceptors (Lipinski definition) is 1. The van der Waals surface area contributed by atoms with E-state index in [1.54, 1.807) is 0 Å². The maximum atomic E-state index is 10.7. The smallest absolute Gasteiger partial charge is 1.00 e. The van der Waals surface area contributed by atoms with Crippen LogP contribution in [0.4, 0.5) is 0 Å². The summed E-state index contributed by atoms with van der Waals surface area (Å²) in [5.74, 6) is 1.76. The largest absolute Gasteiger partial charge is 4.00 e. The molecule has 0 spiro atoms. The summed E-state index contributed by atoms with van der Waals surface area (Å²) in [6.07, 6.45) is 8.13. The van der Waals surface area contributed by atoms with Crippen LogP contribution in [0.3, 0.4) is 0 Å². The van der Waals surface area contributed by atoms with Crippen LogP contribution in [0.15, 0.2) is 77.4 Å². The first-order chi connectivity index (χ1) is 15.3. The summed E-state index contributed by atoms with van der Waals surface area (Å²) in [5, 5.41) is 2.90. The van der Waals surface area contributed by atoms with Gasteiger partial charge in [-0.3, -0.25) is 6.08 Å². The van der Waals surface area contributed by atoms with Crippen molar-refractivity contribution in [2.45, 2.75) is 53.4 Å². The Balaban J connectivity index is 0.000000484. The fraction of sp³-hybridized carbons (Fsp3) is 0.414. The molecular formula is C29H36Cl2HfNOSi. The van der Waals surface area contributed by atoms with Crippen LogP contribution in [0.5, 0.6) is 0 Å². The summed E-state index contributed by atoms with van der Waals surface area (Å²) >= 11 is 0. The number of carbonyl (C=O) groups is 1. The minimum atomic E-state index is -0.313.